The number of carbonyl (C=O) groups excluding carboxylic acids is 1. The van der Waals surface area contributed by atoms with Crippen LogP contribution in [-0.2, 0) is 19.5 Å². The molecule has 1 amide bonds. The van der Waals surface area contributed by atoms with Crippen molar-refractivity contribution in [3.05, 3.63) is 82.6 Å². The predicted octanol–water partition coefficient (Wildman–Crippen LogP) is 5.12. The number of furan rings is 1. The lowest BCUT2D eigenvalue weighted by molar-refractivity contribution is 0.0998. The second-order valence-electron chi connectivity index (χ2n) is 6.98. The summed E-state index contributed by atoms with van der Waals surface area (Å²) >= 11 is 1.44. The maximum atomic E-state index is 12.5. The molecule has 0 radical (unpaired) electrons. The maximum Gasteiger partial charge on any atom is 0.293 e. The summed E-state index contributed by atoms with van der Waals surface area (Å²) in [4.78, 5) is 19.4. The summed E-state index contributed by atoms with van der Waals surface area (Å²) in [5, 5.41) is 6.37. The number of aromatic nitrogens is 1. The molecule has 29 heavy (non-hydrogen) atoms. The first-order chi connectivity index (χ1) is 13.7. The van der Waals surface area contributed by atoms with E-state index in [0.717, 1.165) is 37.1 Å². The monoisotopic (exact) mass is 425 g/mol. The molecule has 0 saturated heterocycles. The molecule has 1 N–H and O–H groups in total. The number of hydrogen-bond donors (Lipinski definition) is 1. The van der Waals surface area contributed by atoms with E-state index >= 15 is 0 Å². The summed E-state index contributed by atoms with van der Waals surface area (Å²) in [6, 6.07) is 17.9. The molecule has 0 aliphatic carbocycles. The van der Waals surface area contributed by atoms with Crippen LogP contribution in [0.1, 0.15) is 27.4 Å². The van der Waals surface area contributed by atoms with Gasteiger partial charge in [0, 0.05) is 30.4 Å². The Morgan fingerprint density at radius 3 is 2.79 bits per heavy atom. The summed E-state index contributed by atoms with van der Waals surface area (Å²) in [6.45, 7) is 2.74. The number of halogens is 1. The summed E-state index contributed by atoms with van der Waals surface area (Å²) in [5.74, 6) is 0.0228. The highest BCUT2D eigenvalue weighted by atomic mass is 35.5. The van der Waals surface area contributed by atoms with Crippen molar-refractivity contribution in [1.82, 2.24) is 9.88 Å². The fraction of sp³-hybridized carbons (Fsp3) is 0.182. The molecule has 7 heteroatoms. The number of thiazole rings is 1. The lowest BCUT2D eigenvalue weighted by Crippen LogP contribution is -2.30. The Hall–Kier alpha value is -2.67. The lowest BCUT2D eigenvalue weighted by atomic mass is 10.00. The van der Waals surface area contributed by atoms with Crippen molar-refractivity contribution in [3.8, 4) is 0 Å². The van der Waals surface area contributed by atoms with Crippen LogP contribution in [0.4, 0.5) is 5.13 Å². The third-order valence-corrected chi connectivity index (χ3v) is 5.82. The van der Waals surface area contributed by atoms with E-state index in [0.29, 0.717) is 16.5 Å². The Bertz CT molecular complexity index is 1120. The topological polar surface area (TPSA) is 58.4 Å². The molecule has 5 nitrogen and oxygen atoms in total. The van der Waals surface area contributed by atoms with Crippen LogP contribution in [0.5, 0.6) is 0 Å². The second-order valence-corrected chi connectivity index (χ2v) is 7.83. The number of rotatable bonds is 4. The number of para-hydroxylation sites is 1. The molecule has 0 atom stereocenters. The van der Waals surface area contributed by atoms with Crippen molar-refractivity contribution in [2.45, 2.75) is 19.5 Å². The van der Waals surface area contributed by atoms with E-state index in [4.69, 9.17) is 4.42 Å². The maximum absolute atomic E-state index is 12.5. The Morgan fingerprint density at radius 2 is 1.93 bits per heavy atom. The van der Waals surface area contributed by atoms with Gasteiger partial charge in [-0.2, -0.15) is 0 Å². The molecular formula is C22H20ClN3O2S. The molecule has 4 aromatic rings. The van der Waals surface area contributed by atoms with Crippen LogP contribution < -0.4 is 5.32 Å². The molecule has 1 aliphatic heterocycles. The quantitative estimate of drug-likeness (QED) is 0.493. The number of nitrogens with zero attached hydrogens (tertiary/aromatic N) is 2. The molecule has 0 unspecified atom stereocenters. The molecule has 148 valence electrons. The molecule has 0 bridgehead atoms. The SMILES string of the molecule is Cl.O=C(Nc1nc(CN2CCc3ccccc3C2)cs1)c1cc2ccccc2o1. The molecular weight excluding hydrogens is 406 g/mol. The standard InChI is InChI=1S/C22H19N3O2S.ClH/c26-21(20-11-16-6-3-4-8-19(16)27-20)24-22-23-18(14-28-22)13-25-10-9-15-5-1-2-7-17(15)12-25;/h1-8,11,14H,9-10,12-13H2,(H,23,24,26);1H. The van der Waals surface area contributed by atoms with Gasteiger partial charge in [0.2, 0.25) is 0 Å². The molecule has 0 saturated carbocycles. The third-order valence-electron chi connectivity index (χ3n) is 5.02. The molecule has 5 rings (SSSR count). The first-order valence-electron chi connectivity index (χ1n) is 9.28. The van der Waals surface area contributed by atoms with Crippen LogP contribution >= 0.6 is 23.7 Å². The Morgan fingerprint density at radius 1 is 1.14 bits per heavy atom. The zero-order valence-corrected chi connectivity index (χ0v) is 17.3. The molecule has 0 fully saturated rings. The molecule has 3 heterocycles. The predicted molar refractivity (Wildman–Crippen MR) is 118 cm³/mol. The van der Waals surface area contributed by atoms with Gasteiger partial charge in [-0.1, -0.05) is 42.5 Å². The van der Waals surface area contributed by atoms with Crippen LogP contribution in [-0.4, -0.2) is 22.3 Å². The zero-order chi connectivity index (χ0) is 18.9. The molecule has 2 aromatic heterocycles. The number of anilines is 1. The lowest BCUT2D eigenvalue weighted by Gasteiger charge is -2.27. The Balaban J connectivity index is 0.00000205. The Kier molecular flexibility index (Phi) is 5.67. The smallest absolute Gasteiger partial charge is 0.293 e. The van der Waals surface area contributed by atoms with Gasteiger partial charge >= 0.3 is 0 Å². The minimum atomic E-state index is -0.274. The van der Waals surface area contributed by atoms with E-state index in [-0.39, 0.29) is 18.3 Å². The van der Waals surface area contributed by atoms with Gasteiger partial charge in [0.15, 0.2) is 10.9 Å². The normalized spacial score (nSPS) is 13.7. The minimum Gasteiger partial charge on any atom is -0.451 e. The fourth-order valence-corrected chi connectivity index (χ4v) is 4.30. The van der Waals surface area contributed by atoms with E-state index in [9.17, 15) is 4.79 Å². The van der Waals surface area contributed by atoms with Crippen molar-refractivity contribution in [2.75, 3.05) is 11.9 Å². The fourth-order valence-electron chi connectivity index (χ4n) is 3.61. The summed E-state index contributed by atoms with van der Waals surface area (Å²) in [5.41, 5.74) is 4.51. The van der Waals surface area contributed by atoms with E-state index in [1.165, 1.54) is 22.5 Å². The van der Waals surface area contributed by atoms with Crippen LogP contribution in [0, 0.1) is 0 Å². The summed E-state index contributed by atoms with van der Waals surface area (Å²) in [7, 11) is 0. The van der Waals surface area contributed by atoms with E-state index in [1.807, 2.05) is 29.6 Å². The molecule has 1 aliphatic rings. The van der Waals surface area contributed by atoms with Crippen LogP contribution in [0.25, 0.3) is 11.0 Å². The number of fused-ring (bicyclic) bond motifs is 2. The first kappa shape index (κ1) is 19.6. The van der Waals surface area contributed by atoms with Gasteiger partial charge in [0.25, 0.3) is 5.91 Å². The van der Waals surface area contributed by atoms with Crippen LogP contribution in [0.15, 0.2) is 64.4 Å². The van der Waals surface area contributed by atoms with Gasteiger partial charge < -0.3 is 4.42 Å². The average Bonchev–Trinajstić information content (AvgIpc) is 3.34. The number of hydrogen-bond acceptors (Lipinski definition) is 5. The third kappa shape index (κ3) is 4.19. The molecule has 0 spiro atoms. The van der Waals surface area contributed by atoms with Gasteiger partial charge in [0.1, 0.15) is 5.58 Å². The van der Waals surface area contributed by atoms with Gasteiger partial charge in [-0.25, -0.2) is 4.98 Å². The molecule has 2 aromatic carbocycles. The van der Waals surface area contributed by atoms with Gasteiger partial charge in [-0.05, 0) is 29.7 Å². The van der Waals surface area contributed by atoms with Crippen LogP contribution in [0.3, 0.4) is 0 Å². The number of benzene rings is 2. The van der Waals surface area contributed by atoms with Crippen molar-refractivity contribution in [3.63, 3.8) is 0 Å². The van der Waals surface area contributed by atoms with Crippen molar-refractivity contribution in [1.29, 1.82) is 0 Å². The van der Waals surface area contributed by atoms with Gasteiger partial charge in [-0.15, -0.1) is 23.7 Å². The average molecular weight is 426 g/mol. The number of carbonyl (C=O) groups is 1. The van der Waals surface area contributed by atoms with Crippen molar-refractivity contribution in [2.24, 2.45) is 0 Å². The van der Waals surface area contributed by atoms with Gasteiger partial charge in [0.05, 0.1) is 5.69 Å². The van der Waals surface area contributed by atoms with Crippen molar-refractivity contribution < 1.29 is 9.21 Å². The zero-order valence-electron chi connectivity index (χ0n) is 15.6. The largest absolute Gasteiger partial charge is 0.451 e. The summed E-state index contributed by atoms with van der Waals surface area (Å²) in [6.07, 6.45) is 1.07. The van der Waals surface area contributed by atoms with Gasteiger partial charge in [-0.3, -0.25) is 15.0 Å². The highest BCUT2D eigenvalue weighted by Crippen LogP contribution is 2.24. The van der Waals surface area contributed by atoms with Crippen LogP contribution in [0.2, 0.25) is 0 Å². The Labute approximate surface area is 178 Å². The van der Waals surface area contributed by atoms with E-state index < -0.39 is 0 Å². The highest BCUT2D eigenvalue weighted by Gasteiger charge is 2.18. The second kappa shape index (κ2) is 8.37. The summed E-state index contributed by atoms with van der Waals surface area (Å²) < 4.78 is 5.62. The van der Waals surface area contributed by atoms with Crippen molar-refractivity contribution >= 4 is 45.8 Å². The first-order valence-corrected chi connectivity index (χ1v) is 10.2. The number of nitrogens with one attached hydrogen (secondary N) is 1. The minimum absolute atomic E-state index is 0. The number of amides is 1. The van der Waals surface area contributed by atoms with E-state index in [1.54, 1.807) is 6.07 Å². The van der Waals surface area contributed by atoms with E-state index in [2.05, 4.69) is 39.5 Å². The highest BCUT2D eigenvalue weighted by molar-refractivity contribution is 7.13.